The maximum atomic E-state index is 12.7. The topological polar surface area (TPSA) is 78.0 Å². The molecular weight excluding hydrogens is 410 g/mol. The van der Waals surface area contributed by atoms with E-state index in [-0.39, 0.29) is 23.1 Å². The molecule has 1 fully saturated rings. The number of benzene rings is 1. The van der Waals surface area contributed by atoms with Crippen molar-refractivity contribution in [1.82, 2.24) is 14.1 Å². The molecular formula is C20H25N3O4S2. The second-order valence-corrected chi connectivity index (χ2v) is 10.2. The second-order valence-electron chi connectivity index (χ2n) is 7.08. The van der Waals surface area contributed by atoms with Crippen molar-refractivity contribution in [2.45, 2.75) is 18.4 Å². The number of hydrogen-bond acceptors (Lipinski definition) is 6. The van der Waals surface area contributed by atoms with Crippen LogP contribution in [0.25, 0.3) is 0 Å². The third-order valence-corrected chi connectivity index (χ3v) is 7.69. The van der Waals surface area contributed by atoms with Crippen molar-refractivity contribution >= 4 is 33.1 Å². The first-order valence-corrected chi connectivity index (χ1v) is 11.7. The van der Waals surface area contributed by atoms with Gasteiger partial charge in [0.1, 0.15) is 0 Å². The van der Waals surface area contributed by atoms with Gasteiger partial charge in [-0.1, -0.05) is 18.2 Å². The molecule has 1 aromatic carbocycles. The highest BCUT2D eigenvalue weighted by molar-refractivity contribution is 7.89. The zero-order chi connectivity index (χ0) is 21.0. The summed E-state index contributed by atoms with van der Waals surface area (Å²) in [5.74, 6) is -0.331. The summed E-state index contributed by atoms with van der Waals surface area (Å²) in [6, 6.07) is 9.90. The fourth-order valence-corrected chi connectivity index (χ4v) is 5.06. The Morgan fingerprint density at radius 1 is 1.07 bits per heavy atom. The van der Waals surface area contributed by atoms with Crippen molar-refractivity contribution in [3.8, 4) is 0 Å². The van der Waals surface area contributed by atoms with E-state index in [9.17, 15) is 18.0 Å². The summed E-state index contributed by atoms with van der Waals surface area (Å²) in [6.45, 7) is 4.82. The molecule has 0 radical (unpaired) electrons. The Labute approximate surface area is 175 Å². The molecule has 0 bridgehead atoms. The maximum Gasteiger partial charge on any atom is 0.243 e. The SMILES string of the molecule is CC(=O)c1ccc(S(=O)(=O)N(C)CC(=O)N2CCN(Cc3cccs3)CC2)cc1. The molecule has 2 heterocycles. The summed E-state index contributed by atoms with van der Waals surface area (Å²) in [6.07, 6.45) is 0. The fourth-order valence-electron chi connectivity index (χ4n) is 3.20. The summed E-state index contributed by atoms with van der Waals surface area (Å²) in [7, 11) is -2.39. The van der Waals surface area contributed by atoms with Crippen LogP contribution in [0.3, 0.4) is 0 Å². The van der Waals surface area contributed by atoms with Gasteiger partial charge in [-0.25, -0.2) is 8.42 Å². The molecule has 1 saturated heterocycles. The molecule has 1 aromatic heterocycles. The molecule has 3 rings (SSSR count). The van der Waals surface area contributed by atoms with Crippen LogP contribution in [0.1, 0.15) is 22.2 Å². The van der Waals surface area contributed by atoms with Gasteiger partial charge in [-0.3, -0.25) is 14.5 Å². The van der Waals surface area contributed by atoms with Crippen molar-refractivity contribution in [3.05, 3.63) is 52.2 Å². The lowest BCUT2D eigenvalue weighted by Gasteiger charge is -2.35. The van der Waals surface area contributed by atoms with E-state index in [0.29, 0.717) is 18.7 Å². The van der Waals surface area contributed by atoms with Gasteiger partial charge in [0.2, 0.25) is 15.9 Å². The van der Waals surface area contributed by atoms with Gasteiger partial charge in [-0.2, -0.15) is 4.31 Å². The zero-order valence-corrected chi connectivity index (χ0v) is 18.2. The van der Waals surface area contributed by atoms with Gasteiger partial charge < -0.3 is 4.90 Å². The third-order valence-electron chi connectivity index (χ3n) is 5.01. The number of amides is 1. The number of carbonyl (C=O) groups excluding carboxylic acids is 2. The Hall–Kier alpha value is -2.07. The van der Waals surface area contributed by atoms with Gasteiger partial charge in [-0.05, 0) is 30.5 Å². The highest BCUT2D eigenvalue weighted by atomic mass is 32.2. The summed E-state index contributed by atoms with van der Waals surface area (Å²) >= 11 is 1.72. The van der Waals surface area contributed by atoms with Crippen LogP contribution < -0.4 is 0 Å². The van der Waals surface area contributed by atoms with Crippen LogP contribution in [0.15, 0.2) is 46.7 Å². The van der Waals surface area contributed by atoms with E-state index in [0.717, 1.165) is 23.9 Å². The molecule has 0 spiro atoms. The number of piperazine rings is 1. The van der Waals surface area contributed by atoms with Crippen molar-refractivity contribution in [3.63, 3.8) is 0 Å². The van der Waals surface area contributed by atoms with Crippen molar-refractivity contribution in [2.75, 3.05) is 39.8 Å². The summed E-state index contributed by atoms with van der Waals surface area (Å²) in [5.41, 5.74) is 0.447. The van der Waals surface area contributed by atoms with Crippen LogP contribution >= 0.6 is 11.3 Å². The monoisotopic (exact) mass is 435 g/mol. The van der Waals surface area contributed by atoms with Crippen molar-refractivity contribution < 1.29 is 18.0 Å². The predicted octanol–water partition coefficient (Wildman–Crippen LogP) is 1.92. The standard InChI is InChI=1S/C20H25N3O4S2/c1-16(24)17-5-7-19(8-6-17)29(26,27)21(2)15-20(25)23-11-9-22(10-12-23)14-18-4-3-13-28-18/h3-8,13H,9-12,14-15H2,1-2H3. The molecule has 1 aliphatic rings. The summed E-state index contributed by atoms with van der Waals surface area (Å²) in [4.78, 5) is 29.4. The number of carbonyl (C=O) groups is 2. The lowest BCUT2D eigenvalue weighted by molar-refractivity contribution is -0.133. The van der Waals surface area contributed by atoms with E-state index in [1.807, 2.05) is 6.07 Å². The van der Waals surface area contributed by atoms with Crippen molar-refractivity contribution in [2.24, 2.45) is 0 Å². The Bertz CT molecular complexity index is 948. The van der Waals surface area contributed by atoms with Crippen LogP contribution in [0, 0.1) is 0 Å². The summed E-state index contributed by atoms with van der Waals surface area (Å²) < 4.78 is 26.5. The molecule has 1 amide bonds. The lowest BCUT2D eigenvalue weighted by atomic mass is 10.2. The molecule has 7 nitrogen and oxygen atoms in total. The van der Waals surface area contributed by atoms with Crippen LogP contribution in [-0.4, -0.2) is 74.0 Å². The number of thiophene rings is 1. The first kappa shape index (κ1) is 21.6. The third kappa shape index (κ3) is 5.30. The Morgan fingerprint density at radius 2 is 1.72 bits per heavy atom. The number of Topliss-reactive ketones (excluding diaryl/α,β-unsaturated/α-hetero) is 1. The molecule has 0 N–H and O–H groups in total. The van der Waals surface area contributed by atoms with Gasteiger partial charge in [0.15, 0.2) is 5.78 Å². The smallest absolute Gasteiger partial charge is 0.243 e. The van der Waals surface area contributed by atoms with Crippen molar-refractivity contribution in [1.29, 1.82) is 0 Å². The molecule has 2 aromatic rings. The van der Waals surface area contributed by atoms with Crippen LogP contribution in [0.5, 0.6) is 0 Å². The minimum atomic E-state index is -3.79. The van der Waals surface area contributed by atoms with Crippen LogP contribution in [0.4, 0.5) is 0 Å². The molecule has 9 heteroatoms. The fraction of sp³-hybridized carbons (Fsp3) is 0.400. The van der Waals surface area contributed by atoms with Gasteiger partial charge in [-0.15, -0.1) is 11.3 Å². The van der Waals surface area contributed by atoms with E-state index in [1.165, 1.54) is 43.1 Å². The Morgan fingerprint density at radius 3 is 2.28 bits per heavy atom. The van der Waals surface area contributed by atoms with Crippen LogP contribution in [-0.2, 0) is 21.4 Å². The molecule has 29 heavy (non-hydrogen) atoms. The first-order chi connectivity index (χ1) is 13.8. The van der Waals surface area contributed by atoms with Gasteiger partial charge in [0, 0.05) is 50.2 Å². The Kier molecular flexibility index (Phi) is 6.84. The average molecular weight is 436 g/mol. The number of likely N-dealkylation sites (N-methyl/N-ethyl adjacent to an activating group) is 1. The summed E-state index contributed by atoms with van der Waals surface area (Å²) in [5, 5.41) is 2.05. The minimum absolute atomic E-state index is 0.0681. The maximum absolute atomic E-state index is 12.7. The molecule has 156 valence electrons. The number of nitrogens with zero attached hydrogens (tertiary/aromatic N) is 3. The second kappa shape index (κ2) is 9.17. The molecule has 0 aliphatic carbocycles. The normalized spacial score (nSPS) is 15.6. The minimum Gasteiger partial charge on any atom is -0.339 e. The number of ketones is 1. The van der Waals surface area contributed by atoms with Crippen LogP contribution in [0.2, 0.25) is 0 Å². The van der Waals surface area contributed by atoms with E-state index >= 15 is 0 Å². The number of hydrogen-bond donors (Lipinski definition) is 0. The molecule has 0 unspecified atom stereocenters. The van der Waals surface area contributed by atoms with E-state index < -0.39 is 10.0 Å². The number of rotatable bonds is 7. The van der Waals surface area contributed by atoms with E-state index in [1.54, 1.807) is 16.2 Å². The number of sulfonamides is 1. The lowest BCUT2D eigenvalue weighted by Crippen LogP contribution is -2.51. The largest absolute Gasteiger partial charge is 0.339 e. The predicted molar refractivity (Wildman–Crippen MR) is 112 cm³/mol. The van der Waals surface area contributed by atoms with Gasteiger partial charge in [0.25, 0.3) is 0 Å². The quantitative estimate of drug-likeness (QED) is 0.621. The molecule has 0 saturated carbocycles. The zero-order valence-electron chi connectivity index (χ0n) is 16.6. The van der Waals surface area contributed by atoms with E-state index in [2.05, 4.69) is 16.3 Å². The average Bonchev–Trinajstić information content (AvgIpc) is 3.21. The molecule has 0 atom stereocenters. The molecule has 1 aliphatic heterocycles. The Balaban J connectivity index is 1.55. The van der Waals surface area contributed by atoms with Gasteiger partial charge >= 0.3 is 0 Å². The van der Waals surface area contributed by atoms with E-state index in [4.69, 9.17) is 0 Å². The highest BCUT2D eigenvalue weighted by Gasteiger charge is 2.27. The van der Waals surface area contributed by atoms with Gasteiger partial charge in [0.05, 0.1) is 11.4 Å². The first-order valence-electron chi connectivity index (χ1n) is 9.37. The highest BCUT2D eigenvalue weighted by Crippen LogP contribution is 2.17.